The van der Waals surface area contributed by atoms with E-state index in [9.17, 15) is 18.7 Å². The standard InChI is InChI=1S/C19H26F2N2O2/c20-17-6-5-14(9-18(17)21)19(25)23-11-15(16(12-23)13-24)10-22-7-3-1-2-4-8-22/h5-6,9,15-16,24H,1-4,7-8,10-13H2/t15-,16-/m1/s1. The first kappa shape index (κ1) is 18.3. The van der Waals surface area contributed by atoms with Gasteiger partial charge < -0.3 is 14.9 Å². The molecule has 1 aromatic carbocycles. The quantitative estimate of drug-likeness (QED) is 0.906. The van der Waals surface area contributed by atoms with E-state index >= 15 is 0 Å². The minimum atomic E-state index is -1.01. The highest BCUT2D eigenvalue weighted by Gasteiger charge is 2.36. The van der Waals surface area contributed by atoms with Crippen molar-refractivity contribution >= 4 is 5.91 Å². The number of benzene rings is 1. The topological polar surface area (TPSA) is 43.8 Å². The fourth-order valence-corrected chi connectivity index (χ4v) is 3.98. The van der Waals surface area contributed by atoms with Crippen molar-refractivity contribution in [3.8, 4) is 0 Å². The van der Waals surface area contributed by atoms with E-state index in [4.69, 9.17) is 0 Å². The predicted molar refractivity (Wildman–Crippen MR) is 91.2 cm³/mol. The molecule has 6 heteroatoms. The summed E-state index contributed by atoms with van der Waals surface area (Å²) in [6.07, 6.45) is 4.94. The summed E-state index contributed by atoms with van der Waals surface area (Å²) in [7, 11) is 0. The lowest BCUT2D eigenvalue weighted by molar-refractivity contribution is 0.0778. The van der Waals surface area contributed by atoms with Crippen LogP contribution in [0.3, 0.4) is 0 Å². The van der Waals surface area contributed by atoms with Crippen molar-refractivity contribution in [3.05, 3.63) is 35.4 Å². The Morgan fingerprint density at radius 3 is 2.36 bits per heavy atom. The summed E-state index contributed by atoms with van der Waals surface area (Å²) < 4.78 is 26.5. The molecule has 25 heavy (non-hydrogen) atoms. The van der Waals surface area contributed by atoms with Crippen molar-refractivity contribution in [2.75, 3.05) is 39.3 Å². The van der Waals surface area contributed by atoms with E-state index in [-0.39, 0.29) is 29.9 Å². The lowest BCUT2D eigenvalue weighted by Gasteiger charge is -2.26. The van der Waals surface area contributed by atoms with Crippen LogP contribution in [-0.2, 0) is 0 Å². The maximum Gasteiger partial charge on any atom is 0.253 e. The van der Waals surface area contributed by atoms with E-state index in [1.54, 1.807) is 4.90 Å². The maximum absolute atomic E-state index is 13.4. The van der Waals surface area contributed by atoms with Gasteiger partial charge in [-0.1, -0.05) is 12.8 Å². The first-order valence-corrected chi connectivity index (χ1v) is 9.16. The molecule has 1 amide bonds. The van der Waals surface area contributed by atoms with Crippen LogP contribution >= 0.6 is 0 Å². The van der Waals surface area contributed by atoms with Gasteiger partial charge in [-0.15, -0.1) is 0 Å². The Hall–Kier alpha value is -1.53. The largest absolute Gasteiger partial charge is 0.396 e. The van der Waals surface area contributed by atoms with Gasteiger partial charge in [0.2, 0.25) is 0 Å². The van der Waals surface area contributed by atoms with E-state index in [1.807, 2.05) is 0 Å². The average molecular weight is 352 g/mol. The molecule has 2 heterocycles. The summed E-state index contributed by atoms with van der Waals surface area (Å²) >= 11 is 0. The van der Waals surface area contributed by atoms with Gasteiger partial charge in [-0.25, -0.2) is 8.78 Å². The number of carbonyl (C=O) groups is 1. The smallest absolute Gasteiger partial charge is 0.253 e. The van der Waals surface area contributed by atoms with Crippen LogP contribution in [0.1, 0.15) is 36.0 Å². The second-order valence-electron chi connectivity index (χ2n) is 7.26. The lowest BCUT2D eigenvalue weighted by Crippen LogP contribution is -2.35. The fourth-order valence-electron chi connectivity index (χ4n) is 3.98. The molecule has 0 radical (unpaired) electrons. The van der Waals surface area contributed by atoms with Crippen LogP contribution in [-0.4, -0.2) is 60.1 Å². The Bertz CT molecular complexity index is 603. The molecule has 1 N–H and O–H groups in total. The van der Waals surface area contributed by atoms with Crippen molar-refractivity contribution < 1.29 is 18.7 Å². The Morgan fingerprint density at radius 2 is 1.72 bits per heavy atom. The molecule has 0 saturated carbocycles. The Morgan fingerprint density at radius 1 is 1.04 bits per heavy atom. The van der Waals surface area contributed by atoms with E-state index in [0.29, 0.717) is 13.1 Å². The minimum absolute atomic E-state index is 0.0394. The highest BCUT2D eigenvalue weighted by atomic mass is 19.2. The van der Waals surface area contributed by atoms with E-state index in [0.717, 1.165) is 31.8 Å². The summed E-state index contributed by atoms with van der Waals surface area (Å²) in [6.45, 7) is 4.09. The summed E-state index contributed by atoms with van der Waals surface area (Å²) in [6, 6.07) is 3.25. The molecule has 3 rings (SSSR count). The zero-order chi connectivity index (χ0) is 17.8. The van der Waals surface area contributed by atoms with Gasteiger partial charge in [0, 0.05) is 37.7 Å². The molecule has 0 aliphatic carbocycles. The Labute approximate surface area is 147 Å². The second kappa shape index (κ2) is 8.23. The van der Waals surface area contributed by atoms with E-state index in [2.05, 4.69) is 4.90 Å². The van der Waals surface area contributed by atoms with Crippen LogP contribution in [0.15, 0.2) is 18.2 Å². The van der Waals surface area contributed by atoms with Crippen LogP contribution in [0.4, 0.5) is 8.78 Å². The van der Waals surface area contributed by atoms with Gasteiger partial charge in [-0.05, 0) is 50.0 Å². The summed E-state index contributed by atoms with van der Waals surface area (Å²) in [4.78, 5) is 16.7. The number of halogens is 2. The number of aliphatic hydroxyl groups is 1. The van der Waals surface area contributed by atoms with Crippen LogP contribution in [0.5, 0.6) is 0 Å². The molecule has 2 aliphatic heterocycles. The first-order chi connectivity index (χ1) is 12.1. The third-order valence-corrected chi connectivity index (χ3v) is 5.46. The average Bonchev–Trinajstić information content (AvgIpc) is 2.83. The van der Waals surface area contributed by atoms with Crippen molar-refractivity contribution in [1.82, 2.24) is 9.80 Å². The number of rotatable bonds is 4. The predicted octanol–water partition coefficient (Wildman–Crippen LogP) is 2.52. The van der Waals surface area contributed by atoms with Gasteiger partial charge in [0.05, 0.1) is 0 Å². The zero-order valence-corrected chi connectivity index (χ0v) is 14.5. The molecular formula is C19H26F2N2O2. The van der Waals surface area contributed by atoms with Crippen molar-refractivity contribution in [2.24, 2.45) is 11.8 Å². The molecular weight excluding hydrogens is 326 g/mol. The molecule has 2 fully saturated rings. The molecule has 1 aromatic rings. The minimum Gasteiger partial charge on any atom is -0.396 e. The van der Waals surface area contributed by atoms with Crippen molar-refractivity contribution in [2.45, 2.75) is 25.7 Å². The highest BCUT2D eigenvalue weighted by Crippen LogP contribution is 2.27. The van der Waals surface area contributed by atoms with E-state index in [1.165, 1.54) is 31.7 Å². The van der Waals surface area contributed by atoms with Gasteiger partial charge >= 0.3 is 0 Å². The molecule has 2 atom stereocenters. The van der Waals surface area contributed by atoms with Crippen molar-refractivity contribution in [3.63, 3.8) is 0 Å². The number of carbonyl (C=O) groups excluding carboxylic acids is 1. The van der Waals surface area contributed by atoms with Crippen molar-refractivity contribution in [1.29, 1.82) is 0 Å². The summed E-state index contributed by atoms with van der Waals surface area (Å²) in [5, 5.41) is 9.71. The van der Waals surface area contributed by atoms with Gasteiger partial charge in [0.1, 0.15) is 0 Å². The second-order valence-corrected chi connectivity index (χ2v) is 7.26. The maximum atomic E-state index is 13.4. The van der Waals surface area contributed by atoms with Gasteiger partial charge in [-0.2, -0.15) is 0 Å². The molecule has 2 saturated heterocycles. The van der Waals surface area contributed by atoms with Crippen LogP contribution in [0.2, 0.25) is 0 Å². The normalized spacial score (nSPS) is 25.2. The van der Waals surface area contributed by atoms with E-state index < -0.39 is 11.6 Å². The number of nitrogens with zero attached hydrogens (tertiary/aromatic N) is 2. The number of likely N-dealkylation sites (tertiary alicyclic amines) is 2. The first-order valence-electron chi connectivity index (χ1n) is 9.16. The SMILES string of the molecule is O=C(c1ccc(F)c(F)c1)N1C[C@@H](CN2CCCCCC2)[C@@H](CO)C1. The molecule has 138 valence electrons. The summed E-state index contributed by atoms with van der Waals surface area (Å²) in [5.41, 5.74) is 0.158. The van der Waals surface area contributed by atoms with Gasteiger partial charge in [0.15, 0.2) is 11.6 Å². The number of aliphatic hydroxyl groups excluding tert-OH is 1. The third kappa shape index (κ3) is 4.36. The van der Waals surface area contributed by atoms with Gasteiger partial charge in [-0.3, -0.25) is 4.79 Å². The van der Waals surface area contributed by atoms with Crippen LogP contribution in [0.25, 0.3) is 0 Å². The van der Waals surface area contributed by atoms with Crippen LogP contribution < -0.4 is 0 Å². The van der Waals surface area contributed by atoms with Crippen LogP contribution in [0, 0.1) is 23.5 Å². The van der Waals surface area contributed by atoms with Gasteiger partial charge in [0.25, 0.3) is 5.91 Å². The molecule has 2 aliphatic rings. The molecule has 0 spiro atoms. The fraction of sp³-hybridized carbons (Fsp3) is 0.632. The summed E-state index contributed by atoms with van der Waals surface area (Å²) in [5.74, 6) is -2.00. The Balaban J connectivity index is 1.65. The molecule has 0 unspecified atom stereocenters. The monoisotopic (exact) mass is 352 g/mol. The molecule has 0 aromatic heterocycles. The number of hydrogen-bond donors (Lipinski definition) is 1. The Kier molecular flexibility index (Phi) is 6.02. The third-order valence-electron chi connectivity index (χ3n) is 5.46. The number of hydrogen-bond acceptors (Lipinski definition) is 3. The number of amides is 1. The highest BCUT2D eigenvalue weighted by molar-refractivity contribution is 5.94. The molecule has 0 bridgehead atoms. The molecule has 4 nitrogen and oxygen atoms in total. The lowest BCUT2D eigenvalue weighted by atomic mass is 9.96. The zero-order valence-electron chi connectivity index (χ0n) is 14.5.